The highest BCUT2D eigenvalue weighted by molar-refractivity contribution is 5.55. The maximum atomic E-state index is 13.9. The van der Waals surface area contributed by atoms with Gasteiger partial charge in [-0.2, -0.15) is 0 Å². The molecule has 3 nitrogen and oxygen atoms in total. The molecule has 1 fully saturated rings. The van der Waals surface area contributed by atoms with Crippen molar-refractivity contribution >= 4 is 5.69 Å². The summed E-state index contributed by atoms with van der Waals surface area (Å²) in [4.78, 5) is 4.65. The van der Waals surface area contributed by atoms with Gasteiger partial charge < -0.3 is 15.5 Å². The highest BCUT2D eigenvalue weighted by atomic mass is 19.1. The van der Waals surface area contributed by atoms with Crippen LogP contribution in [0.3, 0.4) is 0 Å². The van der Waals surface area contributed by atoms with Gasteiger partial charge in [-0.3, -0.25) is 0 Å². The molecule has 0 bridgehead atoms. The number of hydrogen-bond acceptors (Lipinski definition) is 3. The summed E-state index contributed by atoms with van der Waals surface area (Å²) in [6.07, 6.45) is 0. The second kappa shape index (κ2) is 5.67. The number of rotatable bonds is 3. The quantitative estimate of drug-likeness (QED) is 0.891. The lowest BCUT2D eigenvalue weighted by molar-refractivity contribution is 0.271. The van der Waals surface area contributed by atoms with Crippen LogP contribution in [0.4, 0.5) is 10.1 Å². The molecule has 100 valence electrons. The van der Waals surface area contributed by atoms with E-state index < -0.39 is 0 Å². The molecule has 0 aromatic heterocycles. The number of piperazine rings is 1. The molecule has 0 amide bonds. The van der Waals surface area contributed by atoms with Crippen LogP contribution in [0.15, 0.2) is 18.2 Å². The van der Waals surface area contributed by atoms with Gasteiger partial charge >= 0.3 is 0 Å². The van der Waals surface area contributed by atoms with Gasteiger partial charge in [0.2, 0.25) is 0 Å². The zero-order valence-corrected chi connectivity index (χ0v) is 11.2. The topological polar surface area (TPSA) is 32.5 Å². The van der Waals surface area contributed by atoms with Gasteiger partial charge in [0.05, 0.1) is 0 Å². The molecule has 0 spiro atoms. The fourth-order valence-electron chi connectivity index (χ4n) is 2.56. The molecule has 1 aliphatic heterocycles. The van der Waals surface area contributed by atoms with E-state index in [0.29, 0.717) is 5.56 Å². The van der Waals surface area contributed by atoms with Crippen LogP contribution < -0.4 is 10.6 Å². The van der Waals surface area contributed by atoms with E-state index in [1.807, 2.05) is 13.0 Å². The van der Waals surface area contributed by atoms with E-state index in [4.69, 9.17) is 5.73 Å². The van der Waals surface area contributed by atoms with Crippen molar-refractivity contribution in [2.24, 2.45) is 5.73 Å². The van der Waals surface area contributed by atoms with E-state index in [9.17, 15) is 4.39 Å². The number of nitrogens with two attached hydrogens (primary N) is 1. The van der Waals surface area contributed by atoms with Crippen molar-refractivity contribution in [3.05, 3.63) is 29.6 Å². The van der Waals surface area contributed by atoms with Crippen molar-refractivity contribution in [1.82, 2.24) is 4.90 Å². The van der Waals surface area contributed by atoms with Crippen LogP contribution in [-0.2, 0) is 0 Å². The van der Waals surface area contributed by atoms with Crippen molar-refractivity contribution < 1.29 is 4.39 Å². The first-order valence-corrected chi connectivity index (χ1v) is 6.64. The zero-order chi connectivity index (χ0) is 13.1. The Kier molecular flexibility index (Phi) is 4.19. The number of anilines is 1. The lowest BCUT2D eigenvalue weighted by Crippen LogP contribution is -2.46. The molecule has 4 heteroatoms. The molecular formula is C14H22FN3. The highest BCUT2D eigenvalue weighted by Gasteiger charge is 2.21. The van der Waals surface area contributed by atoms with Crippen molar-refractivity contribution in [1.29, 1.82) is 0 Å². The van der Waals surface area contributed by atoms with Gasteiger partial charge in [-0.05, 0) is 25.6 Å². The second-order valence-corrected chi connectivity index (χ2v) is 4.88. The summed E-state index contributed by atoms with van der Waals surface area (Å²) < 4.78 is 13.9. The minimum absolute atomic E-state index is 0.194. The molecule has 1 saturated heterocycles. The summed E-state index contributed by atoms with van der Waals surface area (Å²) in [6.45, 7) is 9.04. The van der Waals surface area contributed by atoms with Gasteiger partial charge in [0, 0.05) is 43.5 Å². The van der Waals surface area contributed by atoms with E-state index in [1.54, 1.807) is 6.07 Å². The van der Waals surface area contributed by atoms with Crippen molar-refractivity contribution in [2.75, 3.05) is 37.6 Å². The SMILES string of the molecule is CCN1CCN(c2cccc(F)c2[C@@H](C)N)CC1. The summed E-state index contributed by atoms with van der Waals surface area (Å²) in [5.74, 6) is -0.194. The molecule has 1 aromatic rings. The molecule has 0 saturated carbocycles. The number of benzene rings is 1. The van der Waals surface area contributed by atoms with Crippen LogP contribution in [0.25, 0.3) is 0 Å². The lowest BCUT2D eigenvalue weighted by atomic mass is 10.0. The number of halogens is 1. The molecule has 1 aromatic carbocycles. The first kappa shape index (κ1) is 13.3. The molecule has 2 rings (SSSR count). The summed E-state index contributed by atoms with van der Waals surface area (Å²) in [7, 11) is 0. The Bertz CT molecular complexity index is 398. The van der Waals surface area contributed by atoms with E-state index >= 15 is 0 Å². The van der Waals surface area contributed by atoms with Crippen molar-refractivity contribution in [3.8, 4) is 0 Å². The van der Waals surface area contributed by atoms with Crippen LogP contribution >= 0.6 is 0 Å². The first-order chi connectivity index (χ1) is 8.63. The van der Waals surface area contributed by atoms with Gasteiger partial charge in [0.15, 0.2) is 0 Å². The number of likely N-dealkylation sites (N-methyl/N-ethyl adjacent to an activating group) is 1. The largest absolute Gasteiger partial charge is 0.369 e. The van der Waals surface area contributed by atoms with Crippen LogP contribution in [0.1, 0.15) is 25.5 Å². The predicted octanol–water partition coefficient (Wildman–Crippen LogP) is 1.99. The Labute approximate surface area is 108 Å². The fourth-order valence-corrected chi connectivity index (χ4v) is 2.56. The molecule has 0 radical (unpaired) electrons. The maximum Gasteiger partial charge on any atom is 0.130 e. The van der Waals surface area contributed by atoms with Gasteiger partial charge in [-0.1, -0.05) is 13.0 Å². The molecule has 1 heterocycles. The predicted molar refractivity (Wildman–Crippen MR) is 73.3 cm³/mol. The molecular weight excluding hydrogens is 229 g/mol. The smallest absolute Gasteiger partial charge is 0.130 e. The summed E-state index contributed by atoms with van der Waals surface area (Å²) >= 11 is 0. The molecule has 1 aliphatic rings. The Balaban J connectivity index is 2.21. The summed E-state index contributed by atoms with van der Waals surface area (Å²) in [5.41, 5.74) is 7.50. The average Bonchev–Trinajstić information content (AvgIpc) is 2.38. The monoisotopic (exact) mass is 251 g/mol. The van der Waals surface area contributed by atoms with Crippen LogP contribution in [0, 0.1) is 5.82 Å². The van der Waals surface area contributed by atoms with Gasteiger partial charge in [0.1, 0.15) is 5.82 Å². The van der Waals surface area contributed by atoms with E-state index in [1.165, 1.54) is 6.07 Å². The minimum Gasteiger partial charge on any atom is -0.369 e. The molecule has 18 heavy (non-hydrogen) atoms. The van der Waals surface area contributed by atoms with Crippen molar-refractivity contribution in [2.45, 2.75) is 19.9 Å². The van der Waals surface area contributed by atoms with E-state index in [0.717, 1.165) is 38.4 Å². The van der Waals surface area contributed by atoms with E-state index in [-0.39, 0.29) is 11.9 Å². The number of hydrogen-bond donors (Lipinski definition) is 1. The van der Waals surface area contributed by atoms with Gasteiger partial charge in [-0.25, -0.2) is 4.39 Å². The Morgan fingerprint density at radius 3 is 2.50 bits per heavy atom. The lowest BCUT2D eigenvalue weighted by Gasteiger charge is -2.37. The van der Waals surface area contributed by atoms with Crippen LogP contribution in [-0.4, -0.2) is 37.6 Å². The molecule has 1 atom stereocenters. The van der Waals surface area contributed by atoms with Crippen molar-refractivity contribution in [3.63, 3.8) is 0 Å². The van der Waals surface area contributed by atoms with E-state index in [2.05, 4.69) is 16.7 Å². The Hall–Kier alpha value is -1.13. The third-order valence-corrected chi connectivity index (χ3v) is 3.65. The summed E-state index contributed by atoms with van der Waals surface area (Å²) in [6, 6.07) is 4.96. The van der Waals surface area contributed by atoms with Crippen LogP contribution in [0.5, 0.6) is 0 Å². The second-order valence-electron chi connectivity index (χ2n) is 4.88. The fraction of sp³-hybridized carbons (Fsp3) is 0.571. The molecule has 0 aliphatic carbocycles. The Morgan fingerprint density at radius 1 is 1.28 bits per heavy atom. The standard InChI is InChI=1S/C14H22FN3/c1-3-17-7-9-18(10-8-17)13-6-4-5-12(15)14(13)11(2)16/h4-6,11H,3,7-10,16H2,1-2H3/t11-/m1/s1. The maximum absolute atomic E-state index is 13.9. The third-order valence-electron chi connectivity index (χ3n) is 3.65. The zero-order valence-electron chi connectivity index (χ0n) is 11.2. The van der Waals surface area contributed by atoms with Crippen LogP contribution in [0.2, 0.25) is 0 Å². The highest BCUT2D eigenvalue weighted by Crippen LogP contribution is 2.28. The molecule has 0 unspecified atom stereocenters. The van der Waals surface area contributed by atoms with Gasteiger partial charge in [-0.15, -0.1) is 0 Å². The van der Waals surface area contributed by atoms with Gasteiger partial charge in [0.25, 0.3) is 0 Å². The Morgan fingerprint density at radius 2 is 1.94 bits per heavy atom. The minimum atomic E-state index is -0.273. The number of nitrogens with zero attached hydrogens (tertiary/aromatic N) is 2. The first-order valence-electron chi connectivity index (χ1n) is 6.64. The summed E-state index contributed by atoms with van der Waals surface area (Å²) in [5, 5.41) is 0. The normalized spacial score (nSPS) is 19.0. The third kappa shape index (κ3) is 2.65. The molecule has 2 N–H and O–H groups in total. The average molecular weight is 251 g/mol.